The summed E-state index contributed by atoms with van der Waals surface area (Å²) in [6.45, 7) is 7.75. The number of ketones is 1. The quantitative estimate of drug-likeness (QED) is 0.238. The smallest absolute Gasteiger partial charge is 0.208 e. The van der Waals surface area contributed by atoms with Gasteiger partial charge in [-0.1, -0.05) is 36.7 Å². The Morgan fingerprint density at radius 1 is 1.14 bits per heavy atom. The molecule has 1 aliphatic heterocycles. The predicted molar refractivity (Wildman–Crippen MR) is 142 cm³/mol. The molecule has 3 aromatic carbocycles. The van der Waals surface area contributed by atoms with Crippen LogP contribution in [-0.2, 0) is 6.42 Å². The van der Waals surface area contributed by atoms with Crippen molar-refractivity contribution in [3.8, 4) is 11.5 Å². The van der Waals surface area contributed by atoms with Crippen LogP contribution in [0.25, 0.3) is 10.1 Å². The molecule has 0 radical (unpaired) electrons. The van der Waals surface area contributed by atoms with Gasteiger partial charge in [0.15, 0.2) is 5.75 Å². The number of nitrogens with zero attached hydrogens (tertiary/aromatic N) is 1. The highest BCUT2D eigenvalue weighted by Gasteiger charge is 2.24. The maximum Gasteiger partial charge on any atom is 0.208 e. The van der Waals surface area contributed by atoms with E-state index in [-0.39, 0.29) is 16.4 Å². The number of ether oxygens (including phenoxy) is 1. The largest absolute Gasteiger partial charge is 0.455 e. The zero-order chi connectivity index (χ0) is 24.5. The average Bonchev–Trinajstić information content (AvgIpc) is 3.41. The first-order valence-corrected chi connectivity index (χ1v) is 13.1. The molecule has 0 bridgehead atoms. The van der Waals surface area contributed by atoms with Crippen LogP contribution in [0.1, 0.15) is 39.7 Å². The maximum absolute atomic E-state index is 13.6. The van der Waals surface area contributed by atoms with Crippen molar-refractivity contribution in [1.29, 1.82) is 0 Å². The molecule has 1 fully saturated rings. The van der Waals surface area contributed by atoms with Crippen LogP contribution in [0, 0.1) is 18.7 Å². The van der Waals surface area contributed by atoms with E-state index in [1.165, 1.54) is 48.5 Å². The fraction of sp³-hybridized carbons (Fsp3) is 0.276. The molecule has 0 aliphatic carbocycles. The van der Waals surface area contributed by atoms with Crippen LogP contribution in [-0.4, -0.2) is 30.3 Å². The Labute approximate surface area is 214 Å². The number of hydrogen-bond acceptors (Lipinski definition) is 4. The minimum atomic E-state index is -0.477. The van der Waals surface area contributed by atoms with Crippen LogP contribution >= 0.6 is 22.9 Å². The first-order chi connectivity index (χ1) is 16.9. The summed E-state index contributed by atoms with van der Waals surface area (Å²) in [5, 5.41) is 0.959. The number of carbonyl (C=O) groups is 1. The summed E-state index contributed by atoms with van der Waals surface area (Å²) in [4.78, 5) is 16.4. The highest BCUT2D eigenvalue weighted by molar-refractivity contribution is 7.21. The Bertz CT molecular complexity index is 1380. The second-order valence-electron chi connectivity index (χ2n) is 9.40. The number of aryl methyl sites for hydroxylation is 1. The number of thiophene rings is 1. The molecular weight excluding hydrogens is 481 g/mol. The minimum Gasteiger partial charge on any atom is -0.455 e. The Morgan fingerprint density at radius 2 is 1.94 bits per heavy atom. The number of halogens is 2. The van der Waals surface area contributed by atoms with E-state index in [9.17, 15) is 9.18 Å². The van der Waals surface area contributed by atoms with E-state index in [1.54, 1.807) is 0 Å². The van der Waals surface area contributed by atoms with Crippen LogP contribution < -0.4 is 4.74 Å². The van der Waals surface area contributed by atoms with Gasteiger partial charge in [-0.2, -0.15) is 0 Å². The second kappa shape index (κ2) is 10.1. The molecule has 0 N–H and O–H groups in total. The first kappa shape index (κ1) is 24.0. The van der Waals surface area contributed by atoms with Crippen LogP contribution in [0.3, 0.4) is 0 Å². The monoisotopic (exact) mass is 507 g/mol. The van der Waals surface area contributed by atoms with Crippen molar-refractivity contribution in [1.82, 2.24) is 4.90 Å². The molecule has 2 heterocycles. The van der Waals surface area contributed by atoms with E-state index < -0.39 is 5.82 Å². The summed E-state index contributed by atoms with van der Waals surface area (Å²) in [5.74, 6) is 1.21. The van der Waals surface area contributed by atoms with Crippen LogP contribution in [0.15, 0.2) is 60.7 Å². The SMILES string of the molecule is Cc1ccc2c(Oc3ccc(CCN4CC[C@H](C)C4)cc3)c(C(=O)c3ccc(F)cc3Cl)sc2c1. The van der Waals surface area contributed by atoms with Gasteiger partial charge in [0, 0.05) is 28.7 Å². The third-order valence-electron chi connectivity index (χ3n) is 6.55. The Kier molecular flexibility index (Phi) is 6.92. The lowest BCUT2D eigenvalue weighted by molar-refractivity contribution is 0.104. The zero-order valence-corrected chi connectivity index (χ0v) is 21.4. The van der Waals surface area contributed by atoms with Gasteiger partial charge in [0.05, 0.1) is 5.02 Å². The van der Waals surface area contributed by atoms with Gasteiger partial charge < -0.3 is 9.64 Å². The van der Waals surface area contributed by atoms with E-state index in [0.717, 1.165) is 40.6 Å². The van der Waals surface area contributed by atoms with E-state index >= 15 is 0 Å². The Hall–Kier alpha value is -2.73. The van der Waals surface area contributed by atoms with E-state index in [0.29, 0.717) is 16.4 Å². The van der Waals surface area contributed by atoms with Crippen LogP contribution in [0.2, 0.25) is 5.02 Å². The fourth-order valence-corrected chi connectivity index (χ4v) is 6.02. The van der Waals surface area contributed by atoms with E-state index in [1.807, 2.05) is 37.3 Å². The molecule has 0 spiro atoms. The maximum atomic E-state index is 13.6. The number of benzene rings is 3. The number of rotatable bonds is 7. The van der Waals surface area contributed by atoms with Crippen LogP contribution in [0.4, 0.5) is 4.39 Å². The summed E-state index contributed by atoms with van der Waals surface area (Å²) in [6, 6.07) is 17.9. The van der Waals surface area contributed by atoms with Gasteiger partial charge in [0.2, 0.25) is 5.78 Å². The molecule has 5 rings (SSSR count). The van der Waals surface area contributed by atoms with Crippen LogP contribution in [0.5, 0.6) is 11.5 Å². The van der Waals surface area contributed by atoms with Crippen molar-refractivity contribution in [2.45, 2.75) is 26.7 Å². The van der Waals surface area contributed by atoms with Gasteiger partial charge in [-0.25, -0.2) is 4.39 Å². The molecule has 35 heavy (non-hydrogen) atoms. The topological polar surface area (TPSA) is 29.5 Å². The Balaban J connectivity index is 1.41. The molecule has 1 aromatic heterocycles. The van der Waals surface area contributed by atoms with Gasteiger partial charge in [-0.05, 0) is 85.8 Å². The zero-order valence-electron chi connectivity index (χ0n) is 19.8. The van der Waals surface area contributed by atoms with E-state index in [2.05, 4.69) is 24.0 Å². The van der Waals surface area contributed by atoms with Crippen molar-refractivity contribution in [2.75, 3.05) is 19.6 Å². The average molecular weight is 508 g/mol. The summed E-state index contributed by atoms with van der Waals surface area (Å²) in [7, 11) is 0. The lowest BCUT2D eigenvalue weighted by atomic mass is 10.1. The predicted octanol–water partition coefficient (Wildman–Crippen LogP) is 7.91. The molecule has 0 amide bonds. The molecule has 4 aromatic rings. The molecule has 1 atom stereocenters. The van der Waals surface area contributed by atoms with Crippen molar-refractivity contribution in [3.05, 3.63) is 93.1 Å². The van der Waals surface area contributed by atoms with Gasteiger partial charge in [0.25, 0.3) is 0 Å². The van der Waals surface area contributed by atoms with Gasteiger partial charge in [-0.15, -0.1) is 11.3 Å². The first-order valence-electron chi connectivity index (χ1n) is 11.9. The highest BCUT2D eigenvalue weighted by atomic mass is 35.5. The summed E-state index contributed by atoms with van der Waals surface area (Å²) in [5.41, 5.74) is 2.62. The van der Waals surface area contributed by atoms with Crippen molar-refractivity contribution >= 4 is 38.8 Å². The van der Waals surface area contributed by atoms with Gasteiger partial charge in [-0.3, -0.25) is 4.79 Å². The van der Waals surface area contributed by atoms with Crippen molar-refractivity contribution in [3.63, 3.8) is 0 Å². The second-order valence-corrected chi connectivity index (χ2v) is 10.9. The number of carbonyl (C=O) groups excluding carboxylic acids is 1. The summed E-state index contributed by atoms with van der Waals surface area (Å²) >= 11 is 7.58. The van der Waals surface area contributed by atoms with Gasteiger partial charge >= 0.3 is 0 Å². The lowest BCUT2D eigenvalue weighted by Crippen LogP contribution is -2.22. The summed E-state index contributed by atoms with van der Waals surface area (Å²) < 4.78 is 20.8. The number of fused-ring (bicyclic) bond motifs is 1. The number of hydrogen-bond donors (Lipinski definition) is 0. The molecule has 1 saturated heterocycles. The standard InChI is InChI=1S/C29H27ClFNO2S/c1-18-3-9-24-26(15-18)35-29(27(33)23-10-6-21(31)16-25(23)30)28(24)34-22-7-4-20(5-8-22)12-14-32-13-11-19(2)17-32/h3-10,15-16,19H,11-14,17H2,1-2H3/t19-/m0/s1. The van der Waals surface area contributed by atoms with E-state index in [4.69, 9.17) is 16.3 Å². The van der Waals surface area contributed by atoms with Crippen molar-refractivity contribution < 1.29 is 13.9 Å². The van der Waals surface area contributed by atoms with Gasteiger partial charge in [0.1, 0.15) is 16.4 Å². The molecule has 0 unspecified atom stereocenters. The molecule has 0 saturated carbocycles. The minimum absolute atomic E-state index is 0.0892. The fourth-order valence-electron chi connectivity index (χ4n) is 4.59. The van der Waals surface area contributed by atoms with Crippen molar-refractivity contribution in [2.24, 2.45) is 5.92 Å². The third kappa shape index (κ3) is 5.27. The number of likely N-dealkylation sites (tertiary alicyclic amines) is 1. The third-order valence-corrected chi connectivity index (χ3v) is 8.00. The molecule has 6 heteroatoms. The highest BCUT2D eigenvalue weighted by Crippen LogP contribution is 2.42. The normalized spacial score (nSPS) is 16.2. The summed E-state index contributed by atoms with van der Waals surface area (Å²) in [6.07, 6.45) is 2.28. The lowest BCUT2D eigenvalue weighted by Gasteiger charge is -2.15. The molecule has 180 valence electrons. The molecular formula is C29H27ClFNO2S. The molecule has 3 nitrogen and oxygen atoms in total. The Morgan fingerprint density at radius 3 is 2.66 bits per heavy atom. The molecule has 1 aliphatic rings.